The molecule has 0 fully saturated rings. The van der Waals surface area contributed by atoms with E-state index in [1.807, 2.05) is 0 Å². The Labute approximate surface area is 81.7 Å². The summed E-state index contributed by atoms with van der Waals surface area (Å²) < 4.78 is 22.1. The van der Waals surface area contributed by atoms with Gasteiger partial charge < -0.3 is 5.32 Å². The first-order valence-electron chi connectivity index (χ1n) is 3.99. The zero-order valence-electron chi connectivity index (χ0n) is 7.27. The molecule has 0 spiro atoms. The third kappa shape index (κ3) is 1.61. The Kier molecular flexibility index (Phi) is 2.01. The number of nitrogens with one attached hydrogen (secondary N) is 1. The summed E-state index contributed by atoms with van der Waals surface area (Å²) in [6.45, 7) is 0.572. The number of rotatable bonds is 1. The maximum atomic E-state index is 11.0. The fourth-order valence-corrected chi connectivity index (χ4v) is 1.84. The predicted octanol–water partition coefficient (Wildman–Crippen LogP) is 0.0970. The Morgan fingerprint density at radius 2 is 2.21 bits per heavy atom. The van der Waals surface area contributed by atoms with E-state index in [0.29, 0.717) is 6.54 Å². The molecule has 0 unspecified atom stereocenters. The summed E-state index contributed by atoms with van der Waals surface area (Å²) in [6, 6.07) is 4.64. The maximum absolute atomic E-state index is 11.0. The van der Waals surface area contributed by atoms with Crippen LogP contribution in [0.3, 0.4) is 0 Å². The lowest BCUT2D eigenvalue weighted by Crippen LogP contribution is -2.16. The molecule has 0 bridgehead atoms. The molecule has 1 aromatic rings. The second-order valence-corrected chi connectivity index (χ2v) is 4.54. The van der Waals surface area contributed by atoms with Gasteiger partial charge in [-0.1, -0.05) is 0 Å². The summed E-state index contributed by atoms with van der Waals surface area (Å²) in [5, 5.41) is 7.90. The minimum atomic E-state index is -3.62. The first-order valence-corrected chi connectivity index (χ1v) is 5.54. The SMILES string of the molecule is NS(=O)(=O)c1ccc2c(c1)CNC=N2. The van der Waals surface area contributed by atoms with Crippen molar-refractivity contribution in [3.8, 4) is 0 Å². The van der Waals surface area contributed by atoms with Gasteiger partial charge in [0.1, 0.15) is 0 Å². The zero-order chi connectivity index (χ0) is 10.2. The molecular formula is C8H9N3O2S. The molecule has 5 nitrogen and oxygen atoms in total. The molecule has 1 aliphatic heterocycles. The first-order chi connectivity index (χ1) is 6.57. The van der Waals surface area contributed by atoms with Crippen LogP contribution in [0.2, 0.25) is 0 Å². The van der Waals surface area contributed by atoms with E-state index in [9.17, 15) is 8.42 Å². The van der Waals surface area contributed by atoms with Crippen molar-refractivity contribution < 1.29 is 8.42 Å². The summed E-state index contributed by atoms with van der Waals surface area (Å²) >= 11 is 0. The molecule has 0 atom stereocenters. The van der Waals surface area contributed by atoms with Crippen LogP contribution < -0.4 is 10.5 Å². The van der Waals surface area contributed by atoms with Crippen LogP contribution in [0.15, 0.2) is 28.1 Å². The summed E-state index contributed by atoms with van der Waals surface area (Å²) in [5.41, 5.74) is 1.61. The van der Waals surface area contributed by atoms with Gasteiger partial charge in [-0.25, -0.2) is 18.5 Å². The van der Waals surface area contributed by atoms with Crippen LogP contribution in [0.25, 0.3) is 0 Å². The van der Waals surface area contributed by atoms with E-state index in [4.69, 9.17) is 5.14 Å². The third-order valence-corrected chi connectivity index (χ3v) is 2.88. The molecule has 1 heterocycles. The van der Waals surface area contributed by atoms with Gasteiger partial charge in [-0.05, 0) is 23.8 Å². The lowest BCUT2D eigenvalue weighted by molar-refractivity contribution is 0.597. The van der Waals surface area contributed by atoms with Crippen LogP contribution in [0.4, 0.5) is 5.69 Å². The van der Waals surface area contributed by atoms with Crippen molar-refractivity contribution in [1.82, 2.24) is 5.32 Å². The number of benzene rings is 1. The number of fused-ring (bicyclic) bond motifs is 1. The van der Waals surface area contributed by atoms with E-state index >= 15 is 0 Å². The van der Waals surface area contributed by atoms with E-state index in [1.165, 1.54) is 12.1 Å². The molecule has 1 aliphatic rings. The van der Waals surface area contributed by atoms with Gasteiger partial charge in [0.15, 0.2) is 0 Å². The Balaban J connectivity index is 2.55. The topological polar surface area (TPSA) is 84.5 Å². The lowest BCUT2D eigenvalue weighted by Gasteiger charge is -2.11. The molecule has 1 aromatic carbocycles. The summed E-state index contributed by atoms with van der Waals surface area (Å²) in [5.74, 6) is 0. The zero-order valence-corrected chi connectivity index (χ0v) is 8.08. The van der Waals surface area contributed by atoms with Crippen molar-refractivity contribution in [2.24, 2.45) is 10.1 Å². The molecule has 0 radical (unpaired) electrons. The Morgan fingerprint density at radius 3 is 2.93 bits per heavy atom. The van der Waals surface area contributed by atoms with Crippen LogP contribution in [0, 0.1) is 0 Å². The quantitative estimate of drug-likeness (QED) is 0.690. The molecule has 0 aliphatic carbocycles. The standard InChI is InChI=1S/C8H9N3O2S/c9-14(12,13)7-1-2-8-6(3-7)4-10-5-11-8/h1-3,5H,4H2,(H,10,11)(H2,9,12,13). The molecule has 6 heteroatoms. The van der Waals surface area contributed by atoms with Gasteiger partial charge in [-0.2, -0.15) is 0 Å². The number of hydrogen-bond acceptors (Lipinski definition) is 4. The number of sulfonamides is 1. The minimum absolute atomic E-state index is 0.121. The van der Waals surface area contributed by atoms with Gasteiger partial charge in [-0.15, -0.1) is 0 Å². The monoisotopic (exact) mass is 211 g/mol. The number of hydrogen-bond donors (Lipinski definition) is 2. The van der Waals surface area contributed by atoms with Crippen LogP contribution in [0.1, 0.15) is 5.56 Å². The number of nitrogens with two attached hydrogens (primary N) is 1. The largest absolute Gasteiger partial charge is 0.372 e. The fourth-order valence-electron chi connectivity index (χ4n) is 1.28. The van der Waals surface area contributed by atoms with Crippen molar-refractivity contribution in [3.63, 3.8) is 0 Å². The smallest absolute Gasteiger partial charge is 0.238 e. The number of aliphatic imine (C=N–C) groups is 1. The van der Waals surface area contributed by atoms with Gasteiger partial charge in [0.05, 0.1) is 16.9 Å². The van der Waals surface area contributed by atoms with Crippen molar-refractivity contribution in [3.05, 3.63) is 23.8 Å². The predicted molar refractivity (Wildman–Crippen MR) is 52.8 cm³/mol. The molecule has 74 valence electrons. The molecule has 0 aromatic heterocycles. The van der Waals surface area contributed by atoms with Crippen molar-refractivity contribution in [2.45, 2.75) is 11.4 Å². The van der Waals surface area contributed by atoms with Crippen molar-refractivity contribution >= 4 is 22.0 Å². The van der Waals surface area contributed by atoms with Gasteiger partial charge in [0, 0.05) is 6.54 Å². The number of nitrogens with zero attached hydrogens (tertiary/aromatic N) is 1. The molecule has 0 saturated carbocycles. The maximum Gasteiger partial charge on any atom is 0.238 e. The van der Waals surface area contributed by atoms with E-state index in [0.717, 1.165) is 11.3 Å². The average Bonchev–Trinajstić information content (AvgIpc) is 2.16. The summed E-state index contributed by atoms with van der Waals surface area (Å²) in [4.78, 5) is 4.16. The average molecular weight is 211 g/mol. The number of primary sulfonamides is 1. The molecule has 14 heavy (non-hydrogen) atoms. The lowest BCUT2D eigenvalue weighted by atomic mass is 10.1. The minimum Gasteiger partial charge on any atom is -0.372 e. The highest BCUT2D eigenvalue weighted by molar-refractivity contribution is 7.89. The molecule has 0 saturated heterocycles. The molecular weight excluding hydrogens is 202 g/mol. The van der Waals surface area contributed by atoms with Crippen LogP contribution in [-0.4, -0.2) is 14.8 Å². The highest BCUT2D eigenvalue weighted by atomic mass is 32.2. The Morgan fingerprint density at radius 1 is 1.43 bits per heavy atom. The van der Waals surface area contributed by atoms with Crippen LogP contribution in [0.5, 0.6) is 0 Å². The molecule has 0 amide bonds. The molecule has 2 rings (SSSR count). The van der Waals surface area contributed by atoms with Crippen LogP contribution in [-0.2, 0) is 16.6 Å². The molecule has 3 N–H and O–H groups in total. The Hall–Kier alpha value is -1.40. The van der Waals surface area contributed by atoms with Crippen molar-refractivity contribution in [2.75, 3.05) is 0 Å². The summed E-state index contributed by atoms with van der Waals surface area (Å²) in [6.07, 6.45) is 1.58. The van der Waals surface area contributed by atoms with Crippen molar-refractivity contribution in [1.29, 1.82) is 0 Å². The van der Waals surface area contributed by atoms with Crippen LogP contribution >= 0.6 is 0 Å². The fraction of sp³-hybridized carbons (Fsp3) is 0.125. The van der Waals surface area contributed by atoms with Gasteiger partial charge in [0.25, 0.3) is 0 Å². The second kappa shape index (κ2) is 3.07. The van der Waals surface area contributed by atoms with E-state index < -0.39 is 10.0 Å². The second-order valence-electron chi connectivity index (χ2n) is 2.97. The highest BCUT2D eigenvalue weighted by Crippen LogP contribution is 2.23. The Bertz CT molecular complexity index is 493. The van der Waals surface area contributed by atoms with E-state index in [-0.39, 0.29) is 4.90 Å². The summed E-state index contributed by atoms with van der Waals surface area (Å²) in [7, 11) is -3.62. The third-order valence-electron chi connectivity index (χ3n) is 1.97. The van der Waals surface area contributed by atoms with Gasteiger partial charge in [0.2, 0.25) is 10.0 Å². The van der Waals surface area contributed by atoms with E-state index in [2.05, 4.69) is 10.3 Å². The van der Waals surface area contributed by atoms with Gasteiger partial charge in [-0.3, -0.25) is 0 Å². The normalized spacial score (nSPS) is 14.6. The highest BCUT2D eigenvalue weighted by Gasteiger charge is 2.12. The van der Waals surface area contributed by atoms with E-state index in [1.54, 1.807) is 12.4 Å². The first kappa shape index (κ1) is 9.17. The van der Waals surface area contributed by atoms with Gasteiger partial charge >= 0.3 is 0 Å².